The van der Waals surface area contributed by atoms with Gasteiger partial charge in [0.05, 0.1) is 12.0 Å². The maximum absolute atomic E-state index is 12.5. The standard InChI is InChI=1S/C16H21NO2/c1-12-3-4-14(9-13(12)2)10-17-7-5-16(15(17)18)6-8-19-11-16/h3-4,9H,5-8,10-11H2,1-2H3. The van der Waals surface area contributed by atoms with Crippen LogP contribution in [0, 0.1) is 19.3 Å². The highest BCUT2D eigenvalue weighted by atomic mass is 16.5. The average Bonchev–Trinajstić information content (AvgIpc) is 2.98. The van der Waals surface area contributed by atoms with Crippen molar-refractivity contribution >= 4 is 5.91 Å². The number of benzene rings is 1. The number of rotatable bonds is 2. The number of ether oxygens (including phenoxy) is 1. The molecule has 2 saturated heterocycles. The molecule has 1 aromatic rings. The lowest BCUT2D eigenvalue weighted by molar-refractivity contribution is -0.136. The Morgan fingerprint density at radius 3 is 2.79 bits per heavy atom. The van der Waals surface area contributed by atoms with Crippen LogP contribution in [0.1, 0.15) is 29.5 Å². The van der Waals surface area contributed by atoms with Crippen molar-refractivity contribution in [1.82, 2.24) is 4.90 Å². The van der Waals surface area contributed by atoms with Gasteiger partial charge in [-0.1, -0.05) is 18.2 Å². The van der Waals surface area contributed by atoms with Crippen molar-refractivity contribution in [2.75, 3.05) is 19.8 Å². The van der Waals surface area contributed by atoms with Gasteiger partial charge in [-0.2, -0.15) is 0 Å². The summed E-state index contributed by atoms with van der Waals surface area (Å²) in [6.45, 7) is 7.21. The Kier molecular flexibility index (Phi) is 3.09. The lowest BCUT2D eigenvalue weighted by Gasteiger charge is -2.21. The van der Waals surface area contributed by atoms with Gasteiger partial charge in [0, 0.05) is 19.7 Å². The zero-order chi connectivity index (χ0) is 13.5. The normalized spacial score (nSPS) is 26.6. The van der Waals surface area contributed by atoms with E-state index in [-0.39, 0.29) is 5.41 Å². The largest absolute Gasteiger partial charge is 0.380 e. The summed E-state index contributed by atoms with van der Waals surface area (Å²) in [6, 6.07) is 6.46. The van der Waals surface area contributed by atoms with E-state index >= 15 is 0 Å². The van der Waals surface area contributed by atoms with E-state index in [0.717, 1.165) is 32.5 Å². The quantitative estimate of drug-likeness (QED) is 0.816. The Bertz CT molecular complexity index is 503. The van der Waals surface area contributed by atoms with Crippen molar-refractivity contribution < 1.29 is 9.53 Å². The van der Waals surface area contributed by atoms with Crippen molar-refractivity contribution in [2.45, 2.75) is 33.2 Å². The lowest BCUT2D eigenvalue weighted by Crippen LogP contribution is -2.34. The first-order chi connectivity index (χ1) is 9.11. The SMILES string of the molecule is Cc1ccc(CN2CCC3(CCOC3)C2=O)cc1C. The highest BCUT2D eigenvalue weighted by molar-refractivity contribution is 5.85. The molecule has 0 saturated carbocycles. The second kappa shape index (κ2) is 4.64. The molecule has 3 rings (SSSR count). The van der Waals surface area contributed by atoms with Crippen LogP contribution < -0.4 is 0 Å². The molecule has 1 spiro atoms. The van der Waals surface area contributed by atoms with Gasteiger partial charge in [-0.15, -0.1) is 0 Å². The van der Waals surface area contributed by atoms with Gasteiger partial charge in [0.1, 0.15) is 0 Å². The number of nitrogens with zero attached hydrogens (tertiary/aromatic N) is 1. The van der Waals surface area contributed by atoms with E-state index in [9.17, 15) is 4.79 Å². The van der Waals surface area contributed by atoms with E-state index in [2.05, 4.69) is 32.0 Å². The first kappa shape index (κ1) is 12.7. The average molecular weight is 259 g/mol. The second-order valence-corrected chi connectivity index (χ2v) is 5.98. The van der Waals surface area contributed by atoms with Crippen LogP contribution in [0.2, 0.25) is 0 Å². The van der Waals surface area contributed by atoms with Gasteiger partial charge in [0.15, 0.2) is 0 Å². The third-order valence-electron chi connectivity index (χ3n) is 4.65. The van der Waals surface area contributed by atoms with Gasteiger partial charge in [-0.3, -0.25) is 4.79 Å². The topological polar surface area (TPSA) is 29.5 Å². The van der Waals surface area contributed by atoms with Crippen molar-refractivity contribution in [1.29, 1.82) is 0 Å². The number of hydrogen-bond donors (Lipinski definition) is 0. The summed E-state index contributed by atoms with van der Waals surface area (Å²) < 4.78 is 5.44. The minimum Gasteiger partial charge on any atom is -0.380 e. The second-order valence-electron chi connectivity index (χ2n) is 5.98. The first-order valence-electron chi connectivity index (χ1n) is 7.04. The molecule has 2 heterocycles. The smallest absolute Gasteiger partial charge is 0.231 e. The monoisotopic (exact) mass is 259 g/mol. The third-order valence-corrected chi connectivity index (χ3v) is 4.65. The molecule has 0 radical (unpaired) electrons. The number of aryl methyl sites for hydroxylation is 2. The highest BCUT2D eigenvalue weighted by Crippen LogP contribution is 2.39. The fourth-order valence-electron chi connectivity index (χ4n) is 3.14. The Hall–Kier alpha value is -1.35. The van der Waals surface area contributed by atoms with Gasteiger partial charge in [-0.05, 0) is 43.4 Å². The first-order valence-corrected chi connectivity index (χ1v) is 7.04. The summed E-state index contributed by atoms with van der Waals surface area (Å²) in [6.07, 6.45) is 1.85. The van der Waals surface area contributed by atoms with E-state index in [0.29, 0.717) is 12.5 Å². The number of carbonyl (C=O) groups excluding carboxylic acids is 1. The third kappa shape index (κ3) is 2.16. The Morgan fingerprint density at radius 2 is 2.11 bits per heavy atom. The van der Waals surface area contributed by atoms with Crippen LogP contribution in [-0.2, 0) is 16.1 Å². The minimum atomic E-state index is -0.195. The summed E-state index contributed by atoms with van der Waals surface area (Å²) in [5.41, 5.74) is 3.63. The van der Waals surface area contributed by atoms with Crippen molar-refractivity contribution in [3.05, 3.63) is 34.9 Å². The van der Waals surface area contributed by atoms with E-state index < -0.39 is 0 Å². The molecule has 1 unspecified atom stereocenters. The molecule has 2 aliphatic heterocycles. The Balaban J connectivity index is 1.74. The molecule has 0 aromatic heterocycles. The van der Waals surface area contributed by atoms with Gasteiger partial charge in [-0.25, -0.2) is 0 Å². The predicted molar refractivity (Wildman–Crippen MR) is 73.8 cm³/mol. The summed E-state index contributed by atoms with van der Waals surface area (Å²) in [5, 5.41) is 0. The molecule has 1 aromatic carbocycles. The lowest BCUT2D eigenvalue weighted by atomic mass is 9.86. The van der Waals surface area contributed by atoms with Gasteiger partial charge in [0.25, 0.3) is 0 Å². The summed E-state index contributed by atoms with van der Waals surface area (Å²) in [4.78, 5) is 14.5. The van der Waals surface area contributed by atoms with Crippen molar-refractivity contribution in [3.8, 4) is 0 Å². The van der Waals surface area contributed by atoms with E-state index in [1.165, 1.54) is 16.7 Å². The fraction of sp³-hybridized carbons (Fsp3) is 0.562. The van der Waals surface area contributed by atoms with Crippen LogP contribution in [0.5, 0.6) is 0 Å². The Morgan fingerprint density at radius 1 is 1.26 bits per heavy atom. The number of carbonyl (C=O) groups is 1. The number of hydrogen-bond acceptors (Lipinski definition) is 2. The molecule has 19 heavy (non-hydrogen) atoms. The molecular weight excluding hydrogens is 238 g/mol. The zero-order valence-electron chi connectivity index (χ0n) is 11.7. The molecule has 102 valence electrons. The van der Waals surface area contributed by atoms with Gasteiger partial charge < -0.3 is 9.64 Å². The Labute approximate surface area is 114 Å². The summed E-state index contributed by atoms with van der Waals surface area (Å²) >= 11 is 0. The van der Waals surface area contributed by atoms with Crippen molar-refractivity contribution in [3.63, 3.8) is 0 Å². The summed E-state index contributed by atoms with van der Waals surface area (Å²) in [7, 11) is 0. The van der Waals surface area contributed by atoms with E-state index in [4.69, 9.17) is 4.74 Å². The molecule has 0 N–H and O–H groups in total. The minimum absolute atomic E-state index is 0.195. The summed E-state index contributed by atoms with van der Waals surface area (Å²) in [5.74, 6) is 0.295. The van der Waals surface area contributed by atoms with Crippen LogP contribution in [0.4, 0.5) is 0 Å². The van der Waals surface area contributed by atoms with Crippen LogP contribution in [-0.4, -0.2) is 30.6 Å². The fourth-order valence-corrected chi connectivity index (χ4v) is 3.14. The van der Waals surface area contributed by atoms with Crippen molar-refractivity contribution in [2.24, 2.45) is 5.41 Å². The number of likely N-dealkylation sites (tertiary alicyclic amines) is 1. The maximum atomic E-state index is 12.5. The molecule has 0 bridgehead atoms. The molecule has 0 aliphatic carbocycles. The molecule has 2 aliphatic rings. The van der Waals surface area contributed by atoms with Gasteiger partial charge >= 0.3 is 0 Å². The zero-order valence-corrected chi connectivity index (χ0v) is 11.7. The van der Waals surface area contributed by atoms with Crippen LogP contribution in [0.3, 0.4) is 0 Å². The molecular formula is C16H21NO2. The molecule has 2 fully saturated rings. The maximum Gasteiger partial charge on any atom is 0.231 e. The van der Waals surface area contributed by atoms with E-state index in [1.54, 1.807) is 0 Å². The molecule has 3 nitrogen and oxygen atoms in total. The molecule has 1 atom stereocenters. The van der Waals surface area contributed by atoms with Gasteiger partial charge in [0.2, 0.25) is 5.91 Å². The van der Waals surface area contributed by atoms with Crippen LogP contribution in [0.15, 0.2) is 18.2 Å². The molecule has 3 heteroatoms. The van der Waals surface area contributed by atoms with Crippen LogP contribution in [0.25, 0.3) is 0 Å². The molecule has 1 amide bonds. The highest BCUT2D eigenvalue weighted by Gasteiger charge is 2.48. The number of amides is 1. The predicted octanol–water partition coefficient (Wildman–Crippen LogP) is 2.44. The van der Waals surface area contributed by atoms with Crippen LogP contribution >= 0.6 is 0 Å². The van der Waals surface area contributed by atoms with E-state index in [1.807, 2.05) is 4.90 Å².